The number of ketones is 1. The summed E-state index contributed by atoms with van der Waals surface area (Å²) in [6, 6.07) is 5.69. The molecule has 59 heavy (non-hydrogen) atoms. The molecule has 3 unspecified atom stereocenters. The second-order valence-electron chi connectivity index (χ2n) is 15.4. The van der Waals surface area contributed by atoms with Gasteiger partial charge in [-0.3, -0.25) is 23.5 Å². The molecule has 322 valence electrons. The number of methoxy groups -OCH3 is 2. The highest BCUT2D eigenvalue weighted by Crippen LogP contribution is 2.47. The molecule has 4 heterocycles. The van der Waals surface area contributed by atoms with E-state index < -0.39 is 34.7 Å². The Balaban J connectivity index is 1.13. The van der Waals surface area contributed by atoms with Gasteiger partial charge in [-0.15, -0.1) is 0 Å². The van der Waals surface area contributed by atoms with Gasteiger partial charge in [0.2, 0.25) is 7.37 Å². The van der Waals surface area contributed by atoms with Crippen molar-refractivity contribution in [2.45, 2.75) is 76.6 Å². The number of oxime groups is 1. The highest BCUT2D eigenvalue weighted by molar-refractivity contribution is 7.86. The van der Waals surface area contributed by atoms with E-state index in [0.29, 0.717) is 47.7 Å². The van der Waals surface area contributed by atoms with Gasteiger partial charge in [-0.1, -0.05) is 31.2 Å². The van der Waals surface area contributed by atoms with Gasteiger partial charge in [0, 0.05) is 43.0 Å². The smallest absolute Gasteiger partial charge is 0.270 e. The zero-order chi connectivity index (χ0) is 42.6. The van der Waals surface area contributed by atoms with Crippen LogP contribution in [0.15, 0.2) is 41.6 Å². The van der Waals surface area contributed by atoms with Gasteiger partial charge in [-0.05, 0) is 67.5 Å². The lowest BCUT2D eigenvalue weighted by Gasteiger charge is -2.26. The first-order valence-electron chi connectivity index (χ1n) is 19.9. The summed E-state index contributed by atoms with van der Waals surface area (Å²) in [7, 11) is -5.08. The fourth-order valence-electron chi connectivity index (χ4n) is 8.38. The predicted octanol–water partition coefficient (Wildman–Crippen LogP) is 5.21. The molecule has 6 rings (SSSR count). The Hall–Kier alpha value is -4.44. The van der Waals surface area contributed by atoms with E-state index in [4.69, 9.17) is 28.3 Å². The first-order valence-corrected chi connectivity index (χ1v) is 23.4. The van der Waals surface area contributed by atoms with Crippen LogP contribution in [0, 0.1) is 5.92 Å². The number of Topliss-reactive ketones (excluding diaryl/α,β-unsaturated/α-hetero) is 1. The van der Waals surface area contributed by atoms with Gasteiger partial charge in [0.25, 0.3) is 21.9 Å². The van der Waals surface area contributed by atoms with Crippen LogP contribution < -0.4 is 18.9 Å². The van der Waals surface area contributed by atoms with Gasteiger partial charge in [-0.25, -0.2) is 0 Å². The first-order chi connectivity index (χ1) is 28.1. The number of amides is 2. The molecular weight excluding hydrogens is 806 g/mol. The van der Waals surface area contributed by atoms with Gasteiger partial charge in [0.1, 0.15) is 17.6 Å². The van der Waals surface area contributed by atoms with Gasteiger partial charge in [0.15, 0.2) is 23.0 Å². The van der Waals surface area contributed by atoms with E-state index in [0.717, 1.165) is 17.6 Å². The van der Waals surface area contributed by atoms with Crippen molar-refractivity contribution in [1.82, 2.24) is 9.80 Å². The molecule has 4 aliphatic heterocycles. The molecule has 1 N–H and O–H groups in total. The highest BCUT2D eigenvalue weighted by Gasteiger charge is 2.47. The number of carbonyl (C=O) groups is 3. The van der Waals surface area contributed by atoms with Crippen LogP contribution in [-0.2, 0) is 41.7 Å². The topological polar surface area (TPSA) is 197 Å². The molecule has 0 bridgehead atoms. The molecule has 0 spiro atoms. The number of ether oxygens (including phenoxy) is 4. The van der Waals surface area contributed by atoms with Crippen molar-refractivity contribution in [1.29, 1.82) is 0 Å². The van der Waals surface area contributed by atoms with Crippen molar-refractivity contribution in [3.05, 3.63) is 58.7 Å². The summed E-state index contributed by atoms with van der Waals surface area (Å²) in [5.41, 5.74) is 3.40. The Morgan fingerprint density at radius 1 is 0.847 bits per heavy atom. The Bertz CT molecular complexity index is 2160. The van der Waals surface area contributed by atoms with E-state index in [1.54, 1.807) is 19.9 Å². The highest BCUT2D eigenvalue weighted by atomic mass is 32.2. The summed E-state index contributed by atoms with van der Waals surface area (Å²) in [5, 5.41) is 2.70. The van der Waals surface area contributed by atoms with Crippen LogP contribution in [0.25, 0.3) is 0 Å². The minimum Gasteiger partial charge on any atom is -0.493 e. The molecule has 0 radical (unpaired) electrons. The number of rotatable bonds is 18. The molecule has 5 atom stereocenters. The van der Waals surface area contributed by atoms with Crippen molar-refractivity contribution >= 4 is 40.8 Å². The van der Waals surface area contributed by atoms with Gasteiger partial charge in [-0.2, -0.15) is 8.42 Å². The first kappa shape index (κ1) is 44.1. The Morgan fingerprint density at radius 2 is 1.42 bits per heavy atom. The predicted molar refractivity (Wildman–Crippen MR) is 219 cm³/mol. The summed E-state index contributed by atoms with van der Waals surface area (Å²) >= 11 is 0. The lowest BCUT2D eigenvalue weighted by molar-refractivity contribution is -0.119. The van der Waals surface area contributed by atoms with Crippen LogP contribution in [0.4, 0.5) is 0 Å². The maximum absolute atomic E-state index is 14.1. The SMILES string of the molecule is C=C1C[C@H]2C(C)Cc3cc(OCCP(=O)(CCOc4cc5c(cc4OC)C(=O)N4C/C(=N/OCCC(=O)CC)C[C@H]4C(S(=O)(=O)O)C5)OCC)c(OC)cc3C(=O)N2C1. The molecule has 16 nitrogen and oxygen atoms in total. The molecule has 2 saturated heterocycles. The van der Waals surface area contributed by atoms with Gasteiger partial charge in [0.05, 0.1) is 64.7 Å². The Kier molecular flexibility index (Phi) is 13.8. The molecule has 2 amide bonds. The molecule has 18 heteroatoms. The average Bonchev–Trinajstić information content (AvgIpc) is 3.76. The average molecular weight is 860 g/mol. The summed E-state index contributed by atoms with van der Waals surface area (Å²) in [5.74, 6) is 0.891. The molecule has 0 aliphatic carbocycles. The van der Waals surface area contributed by atoms with E-state index in [1.165, 1.54) is 31.3 Å². The molecule has 2 aromatic carbocycles. The molecule has 0 aromatic heterocycles. The standard InChI is InChI=1S/C41H54N3O13PS/c1-7-30(45)9-10-56-42-29-20-34-39(59(49,50)51)19-28-18-38(36(53-6)22-32(28)41(47)44(34)24-29)55-12-14-58(48,57-8-2)13-11-54-37-17-27-16-26(4)33-15-25(3)23-43(33)40(46)31(27)21-35(37)52-5/h17-18,21-22,26,33-34,39H,3,7-16,19-20,23-24H2,1-2,4-6H3,(H,49,50,51)/b42-29+/t26?,33-,34-,39?,58?/m0/s1. The van der Waals surface area contributed by atoms with Gasteiger partial charge >= 0.3 is 0 Å². The maximum atomic E-state index is 14.1. The van der Waals surface area contributed by atoms with Crippen molar-refractivity contribution in [3.8, 4) is 23.0 Å². The third-order valence-electron chi connectivity index (χ3n) is 11.5. The van der Waals surface area contributed by atoms with Crippen molar-refractivity contribution in [3.63, 3.8) is 0 Å². The van der Waals surface area contributed by atoms with Crippen molar-refractivity contribution in [2.75, 3.05) is 66.1 Å². The van der Waals surface area contributed by atoms with Crippen LogP contribution in [0.5, 0.6) is 23.0 Å². The second kappa shape index (κ2) is 18.4. The number of nitrogens with zero attached hydrogens (tertiary/aromatic N) is 3. The lowest BCUT2D eigenvalue weighted by atomic mass is 9.91. The van der Waals surface area contributed by atoms with E-state index in [9.17, 15) is 31.9 Å². The van der Waals surface area contributed by atoms with E-state index in [2.05, 4.69) is 18.7 Å². The zero-order valence-corrected chi connectivity index (χ0v) is 36.0. The summed E-state index contributed by atoms with van der Waals surface area (Å²) in [6.07, 6.45) is 1.90. The quantitative estimate of drug-likeness (QED) is 0.0675. The number of benzene rings is 2. The third kappa shape index (κ3) is 9.80. The minimum absolute atomic E-state index is 0.000489. The lowest BCUT2D eigenvalue weighted by Crippen LogP contribution is -2.44. The fraction of sp³-hybridized carbons (Fsp3) is 0.561. The summed E-state index contributed by atoms with van der Waals surface area (Å²) < 4.78 is 79.1. The second-order valence-corrected chi connectivity index (χ2v) is 19.8. The fourth-order valence-corrected chi connectivity index (χ4v) is 11.1. The van der Waals surface area contributed by atoms with Crippen molar-refractivity contribution in [2.24, 2.45) is 11.1 Å². The largest absolute Gasteiger partial charge is 0.493 e. The van der Waals surface area contributed by atoms with E-state index in [1.807, 2.05) is 11.0 Å². The number of hydrogen-bond donors (Lipinski definition) is 1. The Labute approximate surface area is 345 Å². The molecule has 0 saturated carbocycles. The van der Waals surface area contributed by atoms with Crippen LogP contribution in [0.1, 0.15) is 78.3 Å². The number of hydrogen-bond acceptors (Lipinski definition) is 13. The van der Waals surface area contributed by atoms with Crippen molar-refractivity contribution < 1.29 is 60.2 Å². The summed E-state index contributed by atoms with van der Waals surface area (Å²) in [6.45, 7) is 10.4. The van der Waals surface area contributed by atoms with E-state index in [-0.39, 0.29) is 105 Å². The minimum atomic E-state index is -4.65. The zero-order valence-electron chi connectivity index (χ0n) is 34.3. The maximum Gasteiger partial charge on any atom is 0.270 e. The third-order valence-corrected chi connectivity index (χ3v) is 15.2. The van der Waals surface area contributed by atoms with Crippen LogP contribution in [-0.4, -0.2) is 129 Å². The number of fused-ring (bicyclic) bond motifs is 4. The van der Waals surface area contributed by atoms with Gasteiger partial charge < -0.3 is 38.1 Å². The van der Waals surface area contributed by atoms with E-state index >= 15 is 0 Å². The molecule has 2 fully saturated rings. The molecule has 4 aliphatic rings. The van der Waals surface area contributed by atoms with Crippen LogP contribution in [0.2, 0.25) is 0 Å². The normalized spacial score (nSPS) is 23.1. The van der Waals surface area contributed by atoms with Crippen LogP contribution in [0.3, 0.4) is 0 Å². The Morgan fingerprint density at radius 3 is 1.97 bits per heavy atom. The molecular formula is C41H54N3O13PS. The summed E-state index contributed by atoms with van der Waals surface area (Å²) in [4.78, 5) is 47.7. The number of carbonyl (C=O) groups excluding carboxylic acids is 3. The van der Waals surface area contributed by atoms with Crippen LogP contribution >= 0.6 is 7.37 Å². The monoisotopic (exact) mass is 859 g/mol. The molecule has 2 aromatic rings.